The van der Waals surface area contributed by atoms with Crippen LogP contribution in [0.5, 0.6) is 0 Å². The van der Waals surface area contributed by atoms with Gasteiger partial charge in [0, 0.05) is 15.5 Å². The van der Waals surface area contributed by atoms with E-state index in [1.807, 2.05) is 53.2 Å². The van der Waals surface area contributed by atoms with E-state index in [2.05, 4.69) is 12.1 Å². The van der Waals surface area contributed by atoms with Crippen LogP contribution < -0.4 is 5.73 Å². The van der Waals surface area contributed by atoms with Gasteiger partial charge in [0.15, 0.2) is 0 Å². The Hall–Kier alpha value is -4.06. The first-order valence-corrected chi connectivity index (χ1v) is 15.5. The number of nitrogens with zero attached hydrogens (tertiary/aromatic N) is 3. The predicted octanol–water partition coefficient (Wildman–Crippen LogP) is 7.48. The molecule has 0 fully saturated rings. The molecule has 1 aliphatic rings. The molecular formula is C30H21ClN4O3S3. The number of benzene rings is 1. The highest BCUT2D eigenvalue weighted by molar-refractivity contribution is 7.99. The van der Waals surface area contributed by atoms with Gasteiger partial charge in [-0.2, -0.15) is 10.5 Å². The summed E-state index contributed by atoms with van der Waals surface area (Å²) in [6.07, 6.45) is 0. The summed E-state index contributed by atoms with van der Waals surface area (Å²) in [6.45, 7) is 1.86. The molecule has 0 aliphatic carbocycles. The monoisotopic (exact) mass is 616 g/mol. The second-order valence-electron chi connectivity index (χ2n) is 8.62. The van der Waals surface area contributed by atoms with Crippen molar-refractivity contribution < 1.29 is 14.3 Å². The summed E-state index contributed by atoms with van der Waals surface area (Å²) in [4.78, 5) is 19.8. The topological polar surface area (TPSA) is 122 Å². The van der Waals surface area contributed by atoms with Crippen molar-refractivity contribution in [3.63, 3.8) is 0 Å². The maximum Gasteiger partial charge on any atom is 0.338 e. The first kappa shape index (κ1) is 28.5. The standard InChI is InChI=1S/C30H21ClN4O3S3/c1-2-37-30(36)27-23(38-28(34)21(15-33)26(27)25-6-4-12-40-25)16-41-29-20(14-32)19(17-7-9-18(31)10-8-17)13-22(35-29)24-5-3-11-39-24/h3-13,26H,2,16,34H2,1H3/t26-/m0/s1. The van der Waals surface area contributed by atoms with E-state index >= 15 is 0 Å². The Bertz CT molecular complexity index is 1730. The number of halogens is 1. The summed E-state index contributed by atoms with van der Waals surface area (Å²) in [5.74, 6) is -1.02. The second-order valence-corrected chi connectivity index (χ2v) is 11.9. The Morgan fingerprint density at radius 2 is 1.90 bits per heavy atom. The van der Waals surface area contributed by atoms with Gasteiger partial charge in [-0.1, -0.05) is 47.6 Å². The van der Waals surface area contributed by atoms with Crippen LogP contribution in [-0.4, -0.2) is 23.3 Å². The molecule has 0 saturated carbocycles. The third kappa shape index (κ3) is 5.88. The lowest BCUT2D eigenvalue weighted by Gasteiger charge is -2.27. The van der Waals surface area contributed by atoms with Crippen LogP contribution in [0.4, 0.5) is 0 Å². The smallest absolute Gasteiger partial charge is 0.338 e. The number of rotatable bonds is 8. The number of carbonyl (C=O) groups excluding carboxylic acids is 1. The molecule has 2 N–H and O–H groups in total. The molecule has 1 aliphatic heterocycles. The number of thiophene rings is 2. The van der Waals surface area contributed by atoms with Gasteiger partial charge >= 0.3 is 5.97 Å². The number of pyridine rings is 1. The lowest BCUT2D eigenvalue weighted by molar-refractivity contribution is -0.139. The summed E-state index contributed by atoms with van der Waals surface area (Å²) < 4.78 is 11.3. The summed E-state index contributed by atoms with van der Waals surface area (Å²) in [5.41, 5.74) is 9.16. The molecule has 3 aromatic heterocycles. The van der Waals surface area contributed by atoms with Gasteiger partial charge in [-0.25, -0.2) is 9.78 Å². The summed E-state index contributed by atoms with van der Waals surface area (Å²) in [6, 6.07) is 21.2. The number of esters is 1. The number of nitriles is 2. The van der Waals surface area contributed by atoms with E-state index in [4.69, 9.17) is 31.8 Å². The summed E-state index contributed by atoms with van der Waals surface area (Å²) >= 11 is 10.3. The van der Waals surface area contributed by atoms with Crippen LogP contribution in [0, 0.1) is 22.7 Å². The van der Waals surface area contributed by atoms with Crippen LogP contribution in [0.25, 0.3) is 21.7 Å². The molecule has 41 heavy (non-hydrogen) atoms. The fourth-order valence-electron chi connectivity index (χ4n) is 4.37. The number of aromatic nitrogens is 1. The molecule has 1 atom stereocenters. The highest BCUT2D eigenvalue weighted by Crippen LogP contribution is 2.43. The number of carbonyl (C=O) groups is 1. The van der Waals surface area contributed by atoms with Gasteiger partial charge in [0.2, 0.25) is 5.88 Å². The average Bonchev–Trinajstić information content (AvgIpc) is 3.71. The highest BCUT2D eigenvalue weighted by Gasteiger charge is 2.38. The third-order valence-electron chi connectivity index (χ3n) is 6.19. The molecular weight excluding hydrogens is 596 g/mol. The molecule has 0 amide bonds. The summed E-state index contributed by atoms with van der Waals surface area (Å²) in [7, 11) is 0. The van der Waals surface area contributed by atoms with E-state index in [9.17, 15) is 15.3 Å². The molecule has 204 valence electrons. The quantitative estimate of drug-likeness (QED) is 0.160. The third-order valence-corrected chi connectivity index (χ3v) is 9.24. The van der Waals surface area contributed by atoms with Gasteiger partial charge < -0.3 is 15.2 Å². The zero-order valence-electron chi connectivity index (χ0n) is 21.6. The Kier molecular flexibility index (Phi) is 8.77. The maximum atomic E-state index is 13.3. The van der Waals surface area contributed by atoms with Crippen molar-refractivity contribution in [3.8, 4) is 33.8 Å². The lowest BCUT2D eigenvalue weighted by atomic mass is 9.87. The SMILES string of the molecule is CCOC(=O)C1=C(CSc2nc(-c3cccs3)cc(-c3ccc(Cl)cc3)c2C#N)OC(N)=C(C#N)[C@H]1c1cccs1. The highest BCUT2D eigenvalue weighted by atomic mass is 35.5. The van der Waals surface area contributed by atoms with Crippen LogP contribution >= 0.6 is 46.0 Å². The minimum Gasteiger partial charge on any atom is -0.463 e. The second kappa shape index (κ2) is 12.6. The molecule has 0 bridgehead atoms. The molecule has 11 heteroatoms. The van der Waals surface area contributed by atoms with Crippen molar-refractivity contribution in [2.24, 2.45) is 5.73 Å². The largest absolute Gasteiger partial charge is 0.463 e. The van der Waals surface area contributed by atoms with Crippen molar-refractivity contribution in [2.45, 2.75) is 17.9 Å². The van der Waals surface area contributed by atoms with Crippen molar-refractivity contribution in [1.29, 1.82) is 10.5 Å². The number of ether oxygens (including phenoxy) is 2. The first-order chi connectivity index (χ1) is 19.9. The number of allylic oxidation sites excluding steroid dienone is 1. The zero-order valence-corrected chi connectivity index (χ0v) is 24.8. The van der Waals surface area contributed by atoms with Gasteiger partial charge in [0.1, 0.15) is 28.5 Å². The Balaban J connectivity index is 1.61. The van der Waals surface area contributed by atoms with E-state index in [0.29, 0.717) is 26.9 Å². The molecule has 4 heterocycles. The Morgan fingerprint density at radius 1 is 1.15 bits per heavy atom. The molecule has 4 aromatic rings. The van der Waals surface area contributed by atoms with E-state index in [1.54, 1.807) is 19.1 Å². The number of hydrogen-bond donors (Lipinski definition) is 1. The molecule has 0 saturated heterocycles. The summed E-state index contributed by atoms with van der Waals surface area (Å²) in [5, 5.41) is 25.0. The minimum atomic E-state index is -0.728. The van der Waals surface area contributed by atoms with E-state index < -0.39 is 11.9 Å². The normalized spacial score (nSPS) is 14.8. The van der Waals surface area contributed by atoms with E-state index in [0.717, 1.165) is 15.3 Å². The van der Waals surface area contributed by atoms with Gasteiger partial charge in [0.25, 0.3) is 0 Å². The molecule has 0 radical (unpaired) electrons. The average molecular weight is 617 g/mol. The molecule has 1 aromatic carbocycles. The number of nitrogens with two attached hydrogens (primary N) is 1. The van der Waals surface area contributed by atoms with Crippen LogP contribution in [0.1, 0.15) is 23.3 Å². The van der Waals surface area contributed by atoms with Crippen LogP contribution in [0.2, 0.25) is 5.02 Å². The van der Waals surface area contributed by atoms with Crippen molar-refractivity contribution in [1.82, 2.24) is 4.98 Å². The van der Waals surface area contributed by atoms with Gasteiger partial charge in [-0.3, -0.25) is 0 Å². The van der Waals surface area contributed by atoms with Crippen molar-refractivity contribution >= 4 is 52.0 Å². The van der Waals surface area contributed by atoms with E-state index in [1.165, 1.54) is 34.4 Å². The van der Waals surface area contributed by atoms with Crippen LogP contribution in [0.15, 0.2) is 93.2 Å². The maximum absolute atomic E-state index is 13.3. The first-order valence-electron chi connectivity index (χ1n) is 12.3. The number of thioether (sulfide) groups is 1. The zero-order chi connectivity index (χ0) is 28.9. The fraction of sp³-hybridized carbons (Fsp3) is 0.133. The van der Waals surface area contributed by atoms with Gasteiger partial charge in [-0.05, 0) is 53.6 Å². The number of hydrogen-bond acceptors (Lipinski definition) is 10. The van der Waals surface area contributed by atoms with Gasteiger partial charge in [0.05, 0.1) is 40.0 Å². The molecule has 0 unspecified atom stereocenters. The van der Waals surface area contributed by atoms with Gasteiger partial charge in [-0.15, -0.1) is 22.7 Å². The van der Waals surface area contributed by atoms with E-state index in [-0.39, 0.29) is 35.1 Å². The molecule has 5 rings (SSSR count). The Morgan fingerprint density at radius 3 is 2.54 bits per heavy atom. The van der Waals surface area contributed by atoms with Crippen molar-refractivity contribution in [2.75, 3.05) is 12.4 Å². The van der Waals surface area contributed by atoms with Crippen molar-refractivity contribution in [3.05, 3.63) is 104 Å². The Labute approximate surface area is 254 Å². The predicted molar refractivity (Wildman–Crippen MR) is 162 cm³/mol. The fourth-order valence-corrected chi connectivity index (χ4v) is 6.97. The van der Waals surface area contributed by atoms with Crippen LogP contribution in [0.3, 0.4) is 0 Å². The minimum absolute atomic E-state index is 0.0720. The lowest BCUT2D eigenvalue weighted by Crippen LogP contribution is -2.26. The molecule has 0 spiro atoms. The molecule has 7 nitrogen and oxygen atoms in total. The van der Waals surface area contributed by atoms with Crippen LogP contribution in [-0.2, 0) is 14.3 Å².